The number of carbonyl (C=O) groups is 1. The van der Waals surface area contributed by atoms with Crippen LogP contribution in [0.2, 0.25) is 0 Å². The number of benzene rings is 1. The van der Waals surface area contributed by atoms with Gasteiger partial charge in [0.25, 0.3) is 0 Å². The fraction of sp³-hybridized carbons (Fsp3) is 0.333. The normalized spacial score (nSPS) is 9.53. The van der Waals surface area contributed by atoms with Gasteiger partial charge in [-0.1, -0.05) is 12.2 Å². The minimum atomic E-state index is 0.0369. The predicted octanol–water partition coefficient (Wildman–Crippen LogP) is 2.39. The highest BCUT2D eigenvalue weighted by Crippen LogP contribution is 2.08. The quantitative estimate of drug-likeness (QED) is 0.796. The number of anilines is 1. The predicted molar refractivity (Wildman–Crippen MR) is 76.7 cm³/mol. The van der Waals surface area contributed by atoms with E-state index >= 15 is 0 Å². The zero-order valence-electron chi connectivity index (χ0n) is 11.4. The monoisotopic (exact) mass is 257 g/mol. The smallest absolute Gasteiger partial charge is 0.242 e. The summed E-state index contributed by atoms with van der Waals surface area (Å²) in [4.78, 5) is 13.7. The van der Waals surface area contributed by atoms with Crippen LogP contribution in [0.1, 0.15) is 19.4 Å². The zero-order valence-corrected chi connectivity index (χ0v) is 11.4. The van der Waals surface area contributed by atoms with Crippen LogP contribution >= 0.6 is 0 Å². The number of amides is 1. The lowest BCUT2D eigenvalue weighted by atomic mass is 10.2. The molecule has 0 unspecified atom stereocenters. The number of hydrogen-bond donors (Lipinski definition) is 1. The number of nitrogens with one attached hydrogen (secondary N) is 1. The molecule has 0 spiro atoms. The molecule has 1 aromatic carbocycles. The van der Waals surface area contributed by atoms with Crippen LogP contribution in [-0.2, 0) is 4.79 Å². The second kappa shape index (κ2) is 7.22. The molecule has 1 rings (SSSR count). The van der Waals surface area contributed by atoms with Crippen molar-refractivity contribution < 1.29 is 4.79 Å². The zero-order chi connectivity index (χ0) is 14.3. The van der Waals surface area contributed by atoms with E-state index in [9.17, 15) is 4.79 Å². The van der Waals surface area contributed by atoms with Crippen molar-refractivity contribution in [1.82, 2.24) is 4.90 Å². The molecule has 0 saturated heterocycles. The third-order valence-electron chi connectivity index (χ3n) is 2.65. The lowest BCUT2D eigenvalue weighted by Gasteiger charge is -2.21. The molecule has 0 heterocycles. The van der Waals surface area contributed by atoms with Gasteiger partial charge in [-0.15, -0.1) is 0 Å². The van der Waals surface area contributed by atoms with Gasteiger partial charge < -0.3 is 10.2 Å². The Morgan fingerprint density at radius 2 is 2.05 bits per heavy atom. The Morgan fingerprint density at radius 3 is 2.53 bits per heavy atom. The van der Waals surface area contributed by atoms with Crippen LogP contribution in [0.5, 0.6) is 0 Å². The van der Waals surface area contributed by atoms with Crippen LogP contribution < -0.4 is 5.32 Å². The van der Waals surface area contributed by atoms with E-state index in [4.69, 9.17) is 5.26 Å². The molecule has 19 heavy (non-hydrogen) atoms. The summed E-state index contributed by atoms with van der Waals surface area (Å²) in [6, 6.07) is 9.08. The molecule has 0 bridgehead atoms. The molecule has 1 N–H and O–H groups in total. The molecule has 0 aliphatic carbocycles. The van der Waals surface area contributed by atoms with Gasteiger partial charge in [0.15, 0.2) is 0 Å². The van der Waals surface area contributed by atoms with Crippen LogP contribution in [0.4, 0.5) is 5.69 Å². The van der Waals surface area contributed by atoms with Gasteiger partial charge in [0.05, 0.1) is 18.2 Å². The van der Waals surface area contributed by atoms with Gasteiger partial charge in [0.1, 0.15) is 0 Å². The number of likely N-dealkylation sites (N-methyl/N-ethyl adjacent to an activating group) is 1. The van der Waals surface area contributed by atoms with Crippen molar-refractivity contribution in [1.29, 1.82) is 5.26 Å². The summed E-state index contributed by atoms with van der Waals surface area (Å²) in [5.74, 6) is 0.0369. The number of hydrogen-bond acceptors (Lipinski definition) is 3. The van der Waals surface area contributed by atoms with E-state index < -0.39 is 0 Å². The summed E-state index contributed by atoms with van der Waals surface area (Å²) in [7, 11) is 0. The third kappa shape index (κ3) is 4.84. The van der Waals surface area contributed by atoms with Crippen LogP contribution in [0.3, 0.4) is 0 Å². The molecule has 0 saturated carbocycles. The van der Waals surface area contributed by atoms with E-state index in [1.165, 1.54) is 0 Å². The summed E-state index contributed by atoms with van der Waals surface area (Å²) < 4.78 is 0. The second-order valence-corrected chi connectivity index (χ2v) is 4.41. The number of rotatable bonds is 6. The minimum Gasteiger partial charge on any atom is -0.376 e. The molecular weight excluding hydrogens is 238 g/mol. The van der Waals surface area contributed by atoms with Gasteiger partial charge >= 0.3 is 0 Å². The van der Waals surface area contributed by atoms with Gasteiger partial charge in [-0.2, -0.15) is 5.26 Å². The summed E-state index contributed by atoms with van der Waals surface area (Å²) in [5.41, 5.74) is 2.40. The highest BCUT2D eigenvalue weighted by atomic mass is 16.2. The van der Waals surface area contributed by atoms with Gasteiger partial charge in [-0.25, -0.2) is 0 Å². The van der Waals surface area contributed by atoms with Crippen molar-refractivity contribution in [2.24, 2.45) is 0 Å². The summed E-state index contributed by atoms with van der Waals surface area (Å²) in [6.07, 6.45) is 0. The summed E-state index contributed by atoms with van der Waals surface area (Å²) in [5, 5.41) is 11.7. The van der Waals surface area contributed by atoms with Gasteiger partial charge in [-0.3, -0.25) is 4.79 Å². The van der Waals surface area contributed by atoms with Gasteiger partial charge in [-0.05, 0) is 38.1 Å². The standard InChI is InChI=1S/C15H19N3O/c1-4-18(11-12(2)3)15(19)10-17-14-7-5-13(9-16)6-8-14/h5-8,17H,2,4,10-11H2,1,3H3. The van der Waals surface area contributed by atoms with E-state index in [2.05, 4.69) is 18.0 Å². The molecule has 0 aliphatic rings. The minimum absolute atomic E-state index is 0.0369. The van der Waals surface area contributed by atoms with Crippen LogP contribution in [0, 0.1) is 11.3 Å². The van der Waals surface area contributed by atoms with E-state index in [1.807, 2.05) is 13.8 Å². The Hall–Kier alpha value is -2.28. The Bertz CT molecular complexity index is 485. The van der Waals surface area contributed by atoms with E-state index in [0.29, 0.717) is 18.7 Å². The first-order valence-corrected chi connectivity index (χ1v) is 6.23. The average molecular weight is 257 g/mol. The first-order chi connectivity index (χ1) is 9.06. The van der Waals surface area contributed by atoms with Gasteiger partial charge in [0.2, 0.25) is 5.91 Å². The van der Waals surface area contributed by atoms with Crippen LogP contribution in [0.15, 0.2) is 36.4 Å². The Kier molecular flexibility index (Phi) is 5.62. The second-order valence-electron chi connectivity index (χ2n) is 4.41. The SMILES string of the molecule is C=C(C)CN(CC)C(=O)CNc1ccc(C#N)cc1. The Balaban J connectivity index is 2.52. The first kappa shape index (κ1) is 14.8. The highest BCUT2D eigenvalue weighted by molar-refractivity contribution is 5.81. The summed E-state index contributed by atoms with van der Waals surface area (Å²) in [6.45, 7) is 9.17. The molecule has 4 heteroatoms. The van der Waals surface area contributed by atoms with Crippen molar-refractivity contribution in [2.45, 2.75) is 13.8 Å². The van der Waals surface area contributed by atoms with Gasteiger partial charge in [0, 0.05) is 18.8 Å². The maximum absolute atomic E-state index is 12.0. The molecule has 0 aliphatic heterocycles. The average Bonchev–Trinajstić information content (AvgIpc) is 2.42. The van der Waals surface area contributed by atoms with Crippen LogP contribution in [0.25, 0.3) is 0 Å². The molecule has 100 valence electrons. The van der Waals surface area contributed by atoms with Crippen LogP contribution in [-0.4, -0.2) is 30.4 Å². The number of nitrogens with zero attached hydrogens (tertiary/aromatic N) is 2. The van der Waals surface area contributed by atoms with E-state index in [1.54, 1.807) is 29.2 Å². The molecule has 1 amide bonds. The largest absolute Gasteiger partial charge is 0.376 e. The highest BCUT2D eigenvalue weighted by Gasteiger charge is 2.10. The van der Waals surface area contributed by atoms with Crippen molar-refractivity contribution in [3.05, 3.63) is 42.0 Å². The fourth-order valence-electron chi connectivity index (χ4n) is 1.65. The molecule has 1 aromatic rings. The third-order valence-corrected chi connectivity index (χ3v) is 2.65. The van der Waals surface area contributed by atoms with E-state index in [-0.39, 0.29) is 12.5 Å². The molecule has 0 fully saturated rings. The van der Waals surface area contributed by atoms with Crippen molar-refractivity contribution >= 4 is 11.6 Å². The number of nitriles is 1. The topological polar surface area (TPSA) is 56.1 Å². The molecule has 0 atom stereocenters. The molecule has 0 radical (unpaired) electrons. The summed E-state index contributed by atoms with van der Waals surface area (Å²) >= 11 is 0. The molecule has 4 nitrogen and oxygen atoms in total. The number of carbonyl (C=O) groups excluding carboxylic acids is 1. The van der Waals surface area contributed by atoms with E-state index in [0.717, 1.165) is 11.3 Å². The van der Waals surface area contributed by atoms with Crippen molar-refractivity contribution in [2.75, 3.05) is 25.0 Å². The molecular formula is C15H19N3O. The maximum Gasteiger partial charge on any atom is 0.242 e. The Morgan fingerprint density at radius 1 is 1.42 bits per heavy atom. The maximum atomic E-state index is 12.0. The van der Waals surface area contributed by atoms with Crippen molar-refractivity contribution in [3.8, 4) is 6.07 Å². The lowest BCUT2D eigenvalue weighted by molar-refractivity contribution is -0.128. The molecule has 0 aromatic heterocycles. The Labute approximate surface area is 114 Å². The van der Waals surface area contributed by atoms with Crippen molar-refractivity contribution in [3.63, 3.8) is 0 Å². The lowest BCUT2D eigenvalue weighted by Crippen LogP contribution is -2.36. The fourth-order valence-corrected chi connectivity index (χ4v) is 1.65. The first-order valence-electron chi connectivity index (χ1n) is 6.23.